The maximum atomic E-state index is 11.4. The van der Waals surface area contributed by atoms with Crippen LogP contribution in [0.4, 0.5) is 0 Å². The van der Waals surface area contributed by atoms with Gasteiger partial charge in [0.1, 0.15) is 10.7 Å². The SMILES string of the molecule is CS(=O)(=O)c1cnn(-c2ccccc2C(=N)N)c1. The van der Waals surface area contributed by atoms with E-state index < -0.39 is 9.84 Å². The summed E-state index contributed by atoms with van der Waals surface area (Å²) in [4.78, 5) is 0.126. The van der Waals surface area contributed by atoms with E-state index in [1.807, 2.05) is 0 Å². The van der Waals surface area contributed by atoms with Gasteiger partial charge in [-0.15, -0.1) is 0 Å². The molecule has 0 aliphatic carbocycles. The Morgan fingerprint density at radius 2 is 2.06 bits per heavy atom. The van der Waals surface area contributed by atoms with Crippen molar-refractivity contribution in [2.24, 2.45) is 5.73 Å². The first kappa shape index (κ1) is 12.3. The quantitative estimate of drug-likeness (QED) is 0.624. The normalized spacial score (nSPS) is 11.4. The molecular weight excluding hydrogens is 252 g/mol. The molecule has 3 N–H and O–H groups in total. The summed E-state index contributed by atoms with van der Waals surface area (Å²) >= 11 is 0. The highest BCUT2D eigenvalue weighted by Crippen LogP contribution is 2.15. The average molecular weight is 264 g/mol. The smallest absolute Gasteiger partial charge is 0.178 e. The van der Waals surface area contributed by atoms with Gasteiger partial charge in [-0.05, 0) is 12.1 Å². The highest BCUT2D eigenvalue weighted by Gasteiger charge is 2.13. The molecule has 2 aromatic rings. The van der Waals surface area contributed by atoms with Crippen LogP contribution in [-0.4, -0.2) is 30.3 Å². The van der Waals surface area contributed by atoms with Gasteiger partial charge in [0.25, 0.3) is 0 Å². The Labute approximate surface area is 104 Å². The molecule has 18 heavy (non-hydrogen) atoms. The first-order valence-electron chi connectivity index (χ1n) is 5.08. The number of aromatic nitrogens is 2. The molecule has 0 saturated carbocycles. The predicted octanol–water partition coefficient (Wildman–Crippen LogP) is 0.560. The van der Waals surface area contributed by atoms with Crippen LogP contribution in [0.2, 0.25) is 0 Å². The van der Waals surface area contributed by atoms with Gasteiger partial charge in [-0.2, -0.15) is 5.10 Å². The van der Waals surface area contributed by atoms with Crippen molar-refractivity contribution in [3.05, 3.63) is 42.2 Å². The molecule has 1 heterocycles. The first-order chi connectivity index (χ1) is 8.39. The monoisotopic (exact) mass is 264 g/mol. The van der Waals surface area contributed by atoms with E-state index in [1.165, 1.54) is 17.1 Å². The van der Waals surface area contributed by atoms with E-state index in [1.54, 1.807) is 24.3 Å². The van der Waals surface area contributed by atoms with E-state index in [0.717, 1.165) is 6.26 Å². The molecule has 0 aliphatic rings. The van der Waals surface area contributed by atoms with Gasteiger partial charge in [0.15, 0.2) is 9.84 Å². The molecule has 7 heteroatoms. The molecule has 0 fully saturated rings. The molecule has 0 bridgehead atoms. The summed E-state index contributed by atoms with van der Waals surface area (Å²) in [7, 11) is -3.29. The lowest BCUT2D eigenvalue weighted by Gasteiger charge is -2.07. The van der Waals surface area contributed by atoms with Crippen molar-refractivity contribution >= 4 is 15.7 Å². The van der Waals surface area contributed by atoms with Gasteiger partial charge in [0.2, 0.25) is 0 Å². The van der Waals surface area contributed by atoms with Crippen molar-refractivity contribution in [3.63, 3.8) is 0 Å². The highest BCUT2D eigenvalue weighted by atomic mass is 32.2. The maximum absolute atomic E-state index is 11.4. The van der Waals surface area contributed by atoms with Crippen LogP contribution in [0, 0.1) is 5.41 Å². The largest absolute Gasteiger partial charge is 0.384 e. The van der Waals surface area contributed by atoms with Crippen molar-refractivity contribution in [1.82, 2.24) is 9.78 Å². The van der Waals surface area contributed by atoms with Crippen molar-refractivity contribution in [1.29, 1.82) is 5.41 Å². The maximum Gasteiger partial charge on any atom is 0.178 e. The van der Waals surface area contributed by atoms with Crippen LogP contribution in [0.3, 0.4) is 0 Å². The van der Waals surface area contributed by atoms with E-state index in [2.05, 4.69) is 5.10 Å². The Bertz CT molecular complexity index is 703. The molecule has 6 nitrogen and oxygen atoms in total. The zero-order valence-corrected chi connectivity index (χ0v) is 10.5. The number of nitrogen functional groups attached to an aromatic ring is 1. The van der Waals surface area contributed by atoms with Crippen molar-refractivity contribution < 1.29 is 8.42 Å². The van der Waals surface area contributed by atoms with Crippen LogP contribution >= 0.6 is 0 Å². The van der Waals surface area contributed by atoms with Crippen LogP contribution in [-0.2, 0) is 9.84 Å². The Balaban J connectivity index is 2.57. The van der Waals surface area contributed by atoms with Gasteiger partial charge in [-0.1, -0.05) is 12.1 Å². The Morgan fingerprint density at radius 3 is 2.61 bits per heavy atom. The van der Waals surface area contributed by atoms with Gasteiger partial charge in [0.05, 0.1) is 11.9 Å². The Morgan fingerprint density at radius 1 is 1.39 bits per heavy atom. The number of amidine groups is 1. The van der Waals surface area contributed by atoms with Crippen molar-refractivity contribution in [2.45, 2.75) is 4.90 Å². The summed E-state index contributed by atoms with van der Waals surface area (Å²) in [6, 6.07) is 6.92. The third-order valence-corrected chi connectivity index (χ3v) is 3.50. The topological polar surface area (TPSA) is 102 Å². The first-order valence-corrected chi connectivity index (χ1v) is 6.97. The molecule has 0 radical (unpaired) electrons. The molecule has 94 valence electrons. The Kier molecular flexibility index (Phi) is 2.92. The summed E-state index contributed by atoms with van der Waals surface area (Å²) in [5, 5.41) is 11.5. The van der Waals surface area contributed by atoms with Gasteiger partial charge in [-0.25, -0.2) is 13.1 Å². The molecule has 0 unspecified atom stereocenters. The summed E-state index contributed by atoms with van der Waals surface area (Å²) in [6.07, 6.45) is 3.79. The second kappa shape index (κ2) is 4.26. The molecule has 2 rings (SSSR count). The number of benzene rings is 1. The number of nitrogens with two attached hydrogens (primary N) is 1. The molecule has 0 aliphatic heterocycles. The lowest BCUT2D eigenvalue weighted by atomic mass is 10.1. The number of nitrogens with zero attached hydrogens (tertiary/aromatic N) is 2. The zero-order valence-electron chi connectivity index (χ0n) is 9.66. The van der Waals surface area contributed by atoms with E-state index >= 15 is 0 Å². The molecule has 0 saturated heterocycles. The number of nitrogens with one attached hydrogen (secondary N) is 1. The number of para-hydroxylation sites is 1. The minimum atomic E-state index is -3.29. The van der Waals surface area contributed by atoms with Crippen LogP contribution in [0.1, 0.15) is 5.56 Å². The second-order valence-corrected chi connectivity index (χ2v) is 5.84. The van der Waals surface area contributed by atoms with Gasteiger partial charge < -0.3 is 5.73 Å². The van der Waals surface area contributed by atoms with Gasteiger partial charge >= 0.3 is 0 Å². The summed E-state index contributed by atoms with van der Waals surface area (Å²) < 4.78 is 24.1. The van der Waals surface area contributed by atoms with Crippen LogP contribution < -0.4 is 5.73 Å². The summed E-state index contributed by atoms with van der Waals surface area (Å²) in [5.41, 5.74) is 6.54. The molecule has 1 aromatic heterocycles. The molecule has 0 atom stereocenters. The van der Waals surface area contributed by atoms with Gasteiger partial charge in [0, 0.05) is 18.0 Å². The summed E-state index contributed by atoms with van der Waals surface area (Å²) in [6.45, 7) is 0. The lowest BCUT2D eigenvalue weighted by molar-refractivity contribution is 0.602. The van der Waals surface area contributed by atoms with E-state index in [-0.39, 0.29) is 10.7 Å². The fourth-order valence-corrected chi connectivity index (χ4v) is 2.06. The molecular formula is C11H12N4O2S. The minimum absolute atomic E-state index is 0.0954. The van der Waals surface area contributed by atoms with Crippen molar-refractivity contribution in [3.8, 4) is 5.69 Å². The van der Waals surface area contributed by atoms with Crippen LogP contribution in [0.15, 0.2) is 41.6 Å². The number of sulfone groups is 1. The number of hydrogen-bond acceptors (Lipinski definition) is 4. The van der Waals surface area contributed by atoms with Gasteiger partial charge in [-0.3, -0.25) is 5.41 Å². The van der Waals surface area contributed by atoms with E-state index in [9.17, 15) is 8.42 Å². The highest BCUT2D eigenvalue weighted by molar-refractivity contribution is 7.90. The lowest BCUT2D eigenvalue weighted by Crippen LogP contribution is -2.14. The standard InChI is InChI=1S/C11H12N4O2S/c1-18(16,17)8-6-14-15(7-8)10-5-3-2-4-9(10)11(12)13/h2-7H,1H3,(H3,12,13). The molecule has 0 spiro atoms. The number of hydrogen-bond donors (Lipinski definition) is 2. The Hall–Kier alpha value is -2.15. The van der Waals surface area contributed by atoms with Crippen LogP contribution in [0.25, 0.3) is 5.69 Å². The third-order valence-electron chi connectivity index (χ3n) is 2.43. The second-order valence-electron chi connectivity index (χ2n) is 3.82. The van der Waals surface area contributed by atoms with E-state index in [4.69, 9.17) is 11.1 Å². The molecule has 1 aromatic carbocycles. The van der Waals surface area contributed by atoms with E-state index in [0.29, 0.717) is 11.3 Å². The summed E-state index contributed by atoms with van der Waals surface area (Å²) in [5.74, 6) is -0.0954. The van der Waals surface area contributed by atoms with Crippen LogP contribution in [0.5, 0.6) is 0 Å². The molecule has 0 amide bonds. The minimum Gasteiger partial charge on any atom is -0.384 e. The average Bonchev–Trinajstić information content (AvgIpc) is 2.77. The zero-order chi connectivity index (χ0) is 13.3. The third kappa shape index (κ3) is 2.25. The number of rotatable bonds is 3. The van der Waals surface area contributed by atoms with Crippen molar-refractivity contribution in [2.75, 3.05) is 6.26 Å². The fraction of sp³-hybridized carbons (Fsp3) is 0.0909. The fourth-order valence-electron chi connectivity index (χ4n) is 1.53. The predicted molar refractivity (Wildman–Crippen MR) is 67.7 cm³/mol.